The fourth-order valence-electron chi connectivity index (χ4n) is 3.04. The number of carbonyl (C=O) groups excluding carboxylic acids is 1. The van der Waals surface area contributed by atoms with E-state index in [4.69, 9.17) is 4.74 Å². The van der Waals surface area contributed by atoms with Crippen LogP contribution in [0.4, 0.5) is 0 Å². The second-order valence-electron chi connectivity index (χ2n) is 6.66. The topological polar surface area (TPSA) is 69.0 Å². The molecule has 2 aromatic carbocycles. The van der Waals surface area contributed by atoms with Crippen molar-refractivity contribution in [2.75, 3.05) is 12.9 Å². The Morgan fingerprint density at radius 3 is 2.52 bits per heavy atom. The number of benzene rings is 2. The summed E-state index contributed by atoms with van der Waals surface area (Å²) < 4.78 is 7.26. The summed E-state index contributed by atoms with van der Waals surface area (Å²) in [6.07, 6.45) is 0.683. The zero-order valence-corrected chi connectivity index (χ0v) is 17.8. The molecule has 0 fully saturated rings. The fraction of sp³-hybridized carbons (Fsp3) is 0.318. The highest BCUT2D eigenvalue weighted by Gasteiger charge is 2.15. The third kappa shape index (κ3) is 5.60. The van der Waals surface area contributed by atoms with Gasteiger partial charge in [-0.3, -0.25) is 4.79 Å². The molecule has 0 unspecified atom stereocenters. The van der Waals surface area contributed by atoms with Crippen molar-refractivity contribution in [3.05, 3.63) is 71.5 Å². The van der Waals surface area contributed by atoms with Crippen molar-refractivity contribution in [3.8, 4) is 5.75 Å². The predicted molar refractivity (Wildman–Crippen MR) is 115 cm³/mol. The van der Waals surface area contributed by atoms with Crippen LogP contribution in [0, 0.1) is 0 Å². The van der Waals surface area contributed by atoms with Crippen LogP contribution in [0.3, 0.4) is 0 Å². The molecule has 3 rings (SSSR count). The Labute approximate surface area is 175 Å². The van der Waals surface area contributed by atoms with E-state index in [2.05, 4.69) is 27.0 Å². The lowest BCUT2D eigenvalue weighted by molar-refractivity contribution is -0.119. The van der Waals surface area contributed by atoms with E-state index in [0.29, 0.717) is 12.2 Å². The monoisotopic (exact) mass is 410 g/mol. The number of thioether (sulfide) groups is 1. The van der Waals surface area contributed by atoms with E-state index in [-0.39, 0.29) is 11.9 Å². The molecule has 0 spiro atoms. The Bertz CT molecular complexity index is 926. The smallest absolute Gasteiger partial charge is 0.230 e. The number of ether oxygens (including phenoxy) is 1. The molecule has 0 saturated heterocycles. The van der Waals surface area contributed by atoms with Gasteiger partial charge in [0.25, 0.3) is 0 Å². The van der Waals surface area contributed by atoms with Crippen LogP contribution in [0.5, 0.6) is 5.75 Å². The van der Waals surface area contributed by atoms with Crippen LogP contribution in [0.2, 0.25) is 0 Å². The lowest BCUT2D eigenvalue weighted by atomic mass is 10.1. The van der Waals surface area contributed by atoms with Crippen molar-refractivity contribution in [2.45, 2.75) is 38.0 Å². The van der Waals surface area contributed by atoms with Crippen molar-refractivity contribution in [1.82, 2.24) is 20.1 Å². The molecule has 1 amide bonds. The lowest BCUT2D eigenvalue weighted by Crippen LogP contribution is -2.28. The minimum atomic E-state index is -0.0287. The van der Waals surface area contributed by atoms with Crippen molar-refractivity contribution in [1.29, 1.82) is 0 Å². The highest BCUT2D eigenvalue weighted by atomic mass is 32.2. The van der Waals surface area contributed by atoms with Crippen molar-refractivity contribution >= 4 is 17.7 Å². The fourth-order valence-corrected chi connectivity index (χ4v) is 3.87. The standard InChI is InChI=1S/C22H26N4O2S/c1-4-26-20(14-17-10-12-19(28-3)13-11-17)24-25-22(26)29-15-21(27)23-16(2)18-8-6-5-7-9-18/h5-13,16H,4,14-15H2,1-3H3,(H,23,27)/t16-/m0/s1. The molecule has 7 heteroatoms. The first-order chi connectivity index (χ1) is 14.1. The SMILES string of the molecule is CCn1c(Cc2ccc(OC)cc2)nnc1SCC(=O)N[C@@H](C)c1ccccc1. The second-order valence-corrected chi connectivity index (χ2v) is 7.60. The molecular weight excluding hydrogens is 384 g/mol. The number of rotatable bonds is 9. The number of aromatic nitrogens is 3. The van der Waals surface area contributed by atoms with Crippen molar-refractivity contribution < 1.29 is 9.53 Å². The van der Waals surface area contributed by atoms with Crippen LogP contribution in [0.15, 0.2) is 59.8 Å². The number of amides is 1. The maximum absolute atomic E-state index is 12.4. The summed E-state index contributed by atoms with van der Waals surface area (Å²) in [6.45, 7) is 4.80. The van der Waals surface area contributed by atoms with Gasteiger partial charge in [-0.2, -0.15) is 0 Å². The summed E-state index contributed by atoms with van der Waals surface area (Å²) in [5.41, 5.74) is 2.23. The number of hydrogen-bond donors (Lipinski definition) is 1. The molecule has 1 heterocycles. The van der Waals surface area contributed by atoms with Crippen LogP contribution in [-0.2, 0) is 17.8 Å². The third-order valence-electron chi connectivity index (χ3n) is 4.64. The number of carbonyl (C=O) groups is 1. The Kier molecular flexibility index (Phi) is 7.30. The van der Waals surface area contributed by atoms with Crippen LogP contribution in [-0.4, -0.2) is 33.5 Å². The van der Waals surface area contributed by atoms with E-state index in [0.717, 1.165) is 34.4 Å². The summed E-state index contributed by atoms with van der Waals surface area (Å²) in [5.74, 6) is 2.00. The first kappa shape index (κ1) is 20.9. The van der Waals surface area contributed by atoms with E-state index in [1.54, 1.807) is 7.11 Å². The van der Waals surface area contributed by atoms with Gasteiger partial charge < -0.3 is 14.6 Å². The average molecular weight is 411 g/mol. The number of nitrogens with one attached hydrogen (secondary N) is 1. The van der Waals surface area contributed by atoms with Gasteiger partial charge in [0, 0.05) is 13.0 Å². The number of methoxy groups -OCH3 is 1. The van der Waals surface area contributed by atoms with Crippen LogP contribution < -0.4 is 10.1 Å². The van der Waals surface area contributed by atoms with E-state index in [1.807, 2.05) is 61.5 Å². The summed E-state index contributed by atoms with van der Waals surface area (Å²) in [5, 5.41) is 12.4. The Morgan fingerprint density at radius 1 is 1.14 bits per heavy atom. The second kappa shape index (κ2) is 10.1. The molecule has 6 nitrogen and oxygen atoms in total. The van der Waals surface area contributed by atoms with Crippen molar-refractivity contribution in [2.24, 2.45) is 0 Å². The summed E-state index contributed by atoms with van der Waals surface area (Å²) in [4.78, 5) is 12.4. The molecule has 0 saturated carbocycles. The zero-order valence-electron chi connectivity index (χ0n) is 17.0. The molecule has 1 aromatic heterocycles. The van der Waals surface area contributed by atoms with Gasteiger partial charge in [0.1, 0.15) is 11.6 Å². The van der Waals surface area contributed by atoms with E-state index < -0.39 is 0 Å². The largest absolute Gasteiger partial charge is 0.497 e. The van der Waals surface area contributed by atoms with Gasteiger partial charge in [-0.25, -0.2) is 0 Å². The van der Waals surface area contributed by atoms with Gasteiger partial charge in [-0.1, -0.05) is 54.2 Å². The average Bonchev–Trinajstić information content (AvgIpc) is 3.14. The summed E-state index contributed by atoms with van der Waals surface area (Å²) >= 11 is 1.41. The molecular formula is C22H26N4O2S. The van der Waals surface area contributed by atoms with Crippen LogP contribution >= 0.6 is 11.8 Å². The normalized spacial score (nSPS) is 11.8. The highest BCUT2D eigenvalue weighted by Crippen LogP contribution is 2.20. The highest BCUT2D eigenvalue weighted by molar-refractivity contribution is 7.99. The van der Waals surface area contributed by atoms with Gasteiger partial charge in [-0.05, 0) is 37.1 Å². The number of nitrogens with zero attached hydrogens (tertiary/aromatic N) is 3. The van der Waals surface area contributed by atoms with Gasteiger partial charge in [0.15, 0.2) is 5.16 Å². The first-order valence-corrected chi connectivity index (χ1v) is 10.6. The molecule has 3 aromatic rings. The van der Waals surface area contributed by atoms with Gasteiger partial charge in [-0.15, -0.1) is 10.2 Å². The number of hydrogen-bond acceptors (Lipinski definition) is 5. The van der Waals surface area contributed by atoms with E-state index in [1.165, 1.54) is 11.8 Å². The summed E-state index contributed by atoms with van der Waals surface area (Å²) in [7, 11) is 1.66. The first-order valence-electron chi connectivity index (χ1n) is 9.62. The summed E-state index contributed by atoms with van der Waals surface area (Å²) in [6, 6.07) is 17.8. The third-order valence-corrected chi connectivity index (χ3v) is 5.61. The predicted octanol–water partition coefficient (Wildman–Crippen LogP) is 3.87. The molecule has 1 atom stereocenters. The van der Waals surface area contributed by atoms with Crippen molar-refractivity contribution in [3.63, 3.8) is 0 Å². The molecule has 0 aliphatic carbocycles. The lowest BCUT2D eigenvalue weighted by Gasteiger charge is -2.14. The quantitative estimate of drug-likeness (QED) is 0.543. The van der Waals surface area contributed by atoms with Crippen LogP contribution in [0.25, 0.3) is 0 Å². The molecule has 29 heavy (non-hydrogen) atoms. The molecule has 0 aliphatic rings. The maximum Gasteiger partial charge on any atom is 0.230 e. The molecule has 152 valence electrons. The minimum absolute atomic E-state index is 0.0197. The molecule has 1 N–H and O–H groups in total. The van der Waals surface area contributed by atoms with Gasteiger partial charge in [0.2, 0.25) is 5.91 Å². The van der Waals surface area contributed by atoms with Gasteiger partial charge in [0.05, 0.1) is 18.9 Å². The Morgan fingerprint density at radius 2 is 1.86 bits per heavy atom. The minimum Gasteiger partial charge on any atom is -0.497 e. The molecule has 0 bridgehead atoms. The Hall–Kier alpha value is -2.80. The van der Waals surface area contributed by atoms with Crippen LogP contribution in [0.1, 0.15) is 36.8 Å². The van der Waals surface area contributed by atoms with E-state index >= 15 is 0 Å². The molecule has 0 radical (unpaired) electrons. The maximum atomic E-state index is 12.4. The molecule has 0 aliphatic heterocycles. The Balaban J connectivity index is 1.58. The van der Waals surface area contributed by atoms with E-state index in [9.17, 15) is 4.79 Å². The van der Waals surface area contributed by atoms with Gasteiger partial charge >= 0.3 is 0 Å². The zero-order chi connectivity index (χ0) is 20.6.